The lowest BCUT2D eigenvalue weighted by Crippen LogP contribution is -2.20. The number of aryl methyl sites for hydroxylation is 3. The van der Waals surface area contributed by atoms with Crippen molar-refractivity contribution >= 4 is 39.1 Å². The van der Waals surface area contributed by atoms with E-state index in [9.17, 15) is 9.59 Å². The molecule has 6 nitrogen and oxygen atoms in total. The van der Waals surface area contributed by atoms with Gasteiger partial charge in [-0.25, -0.2) is 4.79 Å². The molecule has 1 aromatic carbocycles. The van der Waals surface area contributed by atoms with E-state index in [1.807, 2.05) is 33.0 Å². The highest BCUT2D eigenvalue weighted by Crippen LogP contribution is 2.28. The van der Waals surface area contributed by atoms with Gasteiger partial charge in [0.1, 0.15) is 9.71 Å². The lowest BCUT2D eigenvalue weighted by atomic mass is 10.2. The van der Waals surface area contributed by atoms with E-state index < -0.39 is 5.97 Å². The lowest BCUT2D eigenvalue weighted by molar-refractivity contribution is -0.119. The number of hydrogen-bond acceptors (Lipinski definition) is 5. The van der Waals surface area contributed by atoms with Crippen LogP contribution >= 0.6 is 11.3 Å². The number of thiophene rings is 1. The van der Waals surface area contributed by atoms with Gasteiger partial charge in [0, 0.05) is 18.1 Å². The summed E-state index contributed by atoms with van der Waals surface area (Å²) in [7, 11) is 1.83. The Labute approximate surface area is 143 Å². The zero-order valence-corrected chi connectivity index (χ0v) is 14.4. The number of benzene rings is 1. The molecule has 124 valence electrons. The van der Waals surface area contributed by atoms with Gasteiger partial charge < -0.3 is 10.1 Å². The second kappa shape index (κ2) is 6.45. The summed E-state index contributed by atoms with van der Waals surface area (Å²) in [5, 5.41) is 7.91. The molecule has 1 N–H and O–H groups in total. The van der Waals surface area contributed by atoms with Crippen molar-refractivity contribution in [2.75, 3.05) is 11.9 Å². The largest absolute Gasteiger partial charge is 0.451 e. The van der Waals surface area contributed by atoms with Gasteiger partial charge in [0.2, 0.25) is 0 Å². The summed E-state index contributed by atoms with van der Waals surface area (Å²) in [6.07, 6.45) is 0. The number of aromatic nitrogens is 2. The van der Waals surface area contributed by atoms with Gasteiger partial charge in [-0.3, -0.25) is 9.48 Å². The first-order valence-electron chi connectivity index (χ1n) is 7.41. The molecule has 0 aliphatic rings. The summed E-state index contributed by atoms with van der Waals surface area (Å²) in [5.74, 6) is -0.874. The second-order valence-electron chi connectivity index (χ2n) is 5.53. The number of rotatable bonds is 4. The van der Waals surface area contributed by atoms with Crippen molar-refractivity contribution in [3.63, 3.8) is 0 Å². The average molecular weight is 343 g/mol. The van der Waals surface area contributed by atoms with E-state index in [0.29, 0.717) is 10.6 Å². The number of hydrogen-bond donors (Lipinski definition) is 1. The van der Waals surface area contributed by atoms with Crippen molar-refractivity contribution in [2.45, 2.75) is 13.8 Å². The SMILES string of the molecule is Cc1ccc(NC(=O)COC(=O)c2cc3c(C)nn(C)c3s2)cc1. The summed E-state index contributed by atoms with van der Waals surface area (Å²) < 4.78 is 6.83. The summed E-state index contributed by atoms with van der Waals surface area (Å²) in [5.41, 5.74) is 2.64. The van der Waals surface area contributed by atoms with Crippen LogP contribution in [0.25, 0.3) is 10.2 Å². The van der Waals surface area contributed by atoms with E-state index in [2.05, 4.69) is 10.4 Å². The maximum Gasteiger partial charge on any atom is 0.348 e. The molecule has 0 saturated heterocycles. The average Bonchev–Trinajstić information content (AvgIpc) is 3.10. The first-order valence-corrected chi connectivity index (χ1v) is 8.22. The van der Waals surface area contributed by atoms with Crippen molar-refractivity contribution in [3.05, 3.63) is 46.5 Å². The van der Waals surface area contributed by atoms with Gasteiger partial charge in [0.15, 0.2) is 6.61 Å². The van der Waals surface area contributed by atoms with Crippen LogP contribution in [0.2, 0.25) is 0 Å². The molecule has 1 amide bonds. The third-order valence-corrected chi connectivity index (χ3v) is 4.75. The number of anilines is 1. The molecule has 0 saturated carbocycles. The standard InChI is InChI=1S/C17H17N3O3S/c1-10-4-6-12(7-5-10)18-15(21)9-23-17(22)14-8-13-11(2)19-20(3)16(13)24-14/h4-8H,9H2,1-3H3,(H,18,21). The Balaban J connectivity index is 1.60. The highest BCUT2D eigenvalue weighted by molar-refractivity contribution is 7.20. The number of nitrogens with one attached hydrogen (secondary N) is 1. The molecule has 7 heteroatoms. The topological polar surface area (TPSA) is 73.2 Å². The summed E-state index contributed by atoms with van der Waals surface area (Å²) >= 11 is 1.30. The Bertz CT molecular complexity index is 875. The van der Waals surface area contributed by atoms with E-state index in [-0.39, 0.29) is 12.5 Å². The van der Waals surface area contributed by atoms with Crippen molar-refractivity contribution < 1.29 is 14.3 Å². The predicted molar refractivity (Wildman–Crippen MR) is 93.4 cm³/mol. The first kappa shape index (κ1) is 16.2. The van der Waals surface area contributed by atoms with Crippen molar-refractivity contribution in [2.24, 2.45) is 7.05 Å². The minimum absolute atomic E-state index is 0.321. The number of ether oxygens (including phenoxy) is 1. The van der Waals surface area contributed by atoms with Gasteiger partial charge in [0.25, 0.3) is 5.91 Å². The van der Waals surface area contributed by atoms with Gasteiger partial charge in [-0.15, -0.1) is 11.3 Å². The molecule has 0 spiro atoms. The molecule has 3 aromatic rings. The molecule has 0 aliphatic carbocycles. The maximum atomic E-state index is 12.1. The number of nitrogens with zero attached hydrogens (tertiary/aromatic N) is 2. The zero-order chi connectivity index (χ0) is 17.3. The molecule has 2 heterocycles. The second-order valence-corrected chi connectivity index (χ2v) is 6.56. The third-order valence-electron chi connectivity index (χ3n) is 3.57. The molecule has 24 heavy (non-hydrogen) atoms. The molecule has 0 bridgehead atoms. The normalized spacial score (nSPS) is 10.8. The zero-order valence-electron chi connectivity index (χ0n) is 13.6. The Morgan fingerprint density at radius 2 is 1.96 bits per heavy atom. The van der Waals surface area contributed by atoms with Crippen LogP contribution in [0.3, 0.4) is 0 Å². The summed E-state index contributed by atoms with van der Waals surface area (Å²) in [4.78, 5) is 25.3. The minimum atomic E-state index is -0.505. The van der Waals surface area contributed by atoms with Crippen LogP contribution in [-0.4, -0.2) is 28.3 Å². The fourth-order valence-corrected chi connectivity index (χ4v) is 3.36. The molecule has 0 aliphatic heterocycles. The molecular formula is C17H17N3O3S. The Morgan fingerprint density at radius 1 is 1.25 bits per heavy atom. The van der Waals surface area contributed by atoms with Crippen molar-refractivity contribution in [1.82, 2.24) is 9.78 Å². The summed E-state index contributed by atoms with van der Waals surface area (Å²) in [6, 6.07) is 9.15. The fraction of sp³-hybridized carbons (Fsp3) is 0.235. The van der Waals surface area contributed by atoms with E-state index in [1.54, 1.807) is 22.9 Å². The number of carbonyl (C=O) groups excluding carboxylic acids is 2. The van der Waals surface area contributed by atoms with Crippen LogP contribution in [0.15, 0.2) is 30.3 Å². The molecule has 0 atom stereocenters. The van der Waals surface area contributed by atoms with Gasteiger partial charge in [-0.1, -0.05) is 17.7 Å². The smallest absolute Gasteiger partial charge is 0.348 e. The van der Waals surface area contributed by atoms with Crippen molar-refractivity contribution in [1.29, 1.82) is 0 Å². The van der Waals surface area contributed by atoms with Gasteiger partial charge in [-0.2, -0.15) is 5.10 Å². The summed E-state index contributed by atoms with van der Waals surface area (Å²) in [6.45, 7) is 3.53. The fourth-order valence-electron chi connectivity index (χ4n) is 2.34. The Morgan fingerprint density at radius 3 is 2.62 bits per heavy atom. The highest BCUT2D eigenvalue weighted by atomic mass is 32.1. The van der Waals surface area contributed by atoms with E-state index in [1.165, 1.54) is 11.3 Å². The molecule has 0 fully saturated rings. The quantitative estimate of drug-likeness (QED) is 0.739. The van der Waals surface area contributed by atoms with Crippen LogP contribution in [0, 0.1) is 13.8 Å². The number of carbonyl (C=O) groups is 2. The van der Waals surface area contributed by atoms with Crippen LogP contribution in [0.4, 0.5) is 5.69 Å². The van der Waals surface area contributed by atoms with Gasteiger partial charge in [0.05, 0.1) is 5.69 Å². The van der Waals surface area contributed by atoms with Crippen LogP contribution < -0.4 is 5.32 Å². The number of fused-ring (bicyclic) bond motifs is 1. The maximum absolute atomic E-state index is 12.1. The van der Waals surface area contributed by atoms with Crippen molar-refractivity contribution in [3.8, 4) is 0 Å². The van der Waals surface area contributed by atoms with Crippen LogP contribution in [0.5, 0.6) is 0 Å². The van der Waals surface area contributed by atoms with Gasteiger partial charge in [-0.05, 0) is 32.0 Å². The number of esters is 1. The predicted octanol–water partition coefficient (Wildman–Crippen LogP) is 3.05. The van der Waals surface area contributed by atoms with Gasteiger partial charge >= 0.3 is 5.97 Å². The molecule has 0 radical (unpaired) electrons. The van der Waals surface area contributed by atoms with E-state index in [0.717, 1.165) is 21.5 Å². The third kappa shape index (κ3) is 3.30. The molecule has 0 unspecified atom stereocenters. The first-order chi connectivity index (χ1) is 11.4. The van der Waals surface area contributed by atoms with E-state index >= 15 is 0 Å². The highest BCUT2D eigenvalue weighted by Gasteiger charge is 2.17. The lowest BCUT2D eigenvalue weighted by Gasteiger charge is -2.06. The minimum Gasteiger partial charge on any atom is -0.451 e. The monoisotopic (exact) mass is 343 g/mol. The van der Waals surface area contributed by atoms with Crippen LogP contribution in [0.1, 0.15) is 20.9 Å². The molecule has 3 rings (SSSR count). The molecular weight excluding hydrogens is 326 g/mol. The Hall–Kier alpha value is -2.67. The molecule has 2 aromatic heterocycles. The van der Waals surface area contributed by atoms with E-state index in [4.69, 9.17) is 4.74 Å². The Kier molecular flexibility index (Phi) is 4.35. The number of amides is 1. The van der Waals surface area contributed by atoms with Crippen LogP contribution in [-0.2, 0) is 16.6 Å².